The summed E-state index contributed by atoms with van der Waals surface area (Å²) in [4.78, 5) is 55.9. The van der Waals surface area contributed by atoms with E-state index in [0.29, 0.717) is 11.3 Å². The molecule has 2 N–H and O–H groups in total. The lowest BCUT2D eigenvalue weighted by atomic mass is 9.97. The molecule has 9 heteroatoms. The molecular formula is C36H41N3O6. The number of carboxylic acids is 1. The van der Waals surface area contributed by atoms with Crippen LogP contribution in [0.1, 0.15) is 68.8 Å². The van der Waals surface area contributed by atoms with Gasteiger partial charge in [-0.05, 0) is 60.6 Å². The normalized spacial score (nSPS) is 15.9. The van der Waals surface area contributed by atoms with Crippen LogP contribution in [0.3, 0.4) is 0 Å². The van der Waals surface area contributed by atoms with Gasteiger partial charge in [0, 0.05) is 6.54 Å². The third-order valence-corrected chi connectivity index (χ3v) is 7.94. The number of methoxy groups -OCH3 is 1. The van der Waals surface area contributed by atoms with E-state index in [4.69, 9.17) is 4.74 Å². The Labute approximate surface area is 264 Å². The van der Waals surface area contributed by atoms with Crippen molar-refractivity contribution in [3.63, 3.8) is 0 Å². The molecule has 0 aliphatic carbocycles. The largest absolute Gasteiger partial charge is 0.497 e. The van der Waals surface area contributed by atoms with E-state index in [1.165, 1.54) is 12.0 Å². The molecule has 1 aliphatic heterocycles. The molecule has 1 unspecified atom stereocenters. The summed E-state index contributed by atoms with van der Waals surface area (Å²) in [6.45, 7) is 7.34. The molecule has 0 bridgehead atoms. The molecule has 1 saturated heterocycles. The fourth-order valence-corrected chi connectivity index (χ4v) is 5.41. The van der Waals surface area contributed by atoms with Crippen molar-refractivity contribution in [2.45, 2.75) is 64.7 Å². The van der Waals surface area contributed by atoms with Gasteiger partial charge in [-0.3, -0.25) is 14.4 Å². The zero-order valence-corrected chi connectivity index (χ0v) is 26.4. The summed E-state index contributed by atoms with van der Waals surface area (Å²) >= 11 is 0. The number of urea groups is 1. The number of carboxylic acid groups (broad SMARTS) is 1. The number of amides is 4. The zero-order valence-electron chi connectivity index (χ0n) is 26.4. The Hall–Kier alpha value is -4.92. The van der Waals surface area contributed by atoms with Crippen LogP contribution in [0.4, 0.5) is 4.79 Å². The predicted octanol–water partition coefficient (Wildman–Crippen LogP) is 6.16. The summed E-state index contributed by atoms with van der Waals surface area (Å²) in [5, 5.41) is 12.4. The molecule has 1 heterocycles. The third kappa shape index (κ3) is 7.98. The number of nitrogens with one attached hydrogen (secondary N) is 1. The summed E-state index contributed by atoms with van der Waals surface area (Å²) in [7, 11) is 1.50. The highest BCUT2D eigenvalue weighted by Crippen LogP contribution is 2.33. The summed E-state index contributed by atoms with van der Waals surface area (Å²) in [6, 6.07) is 21.9. The molecule has 3 aromatic rings. The smallest absolute Gasteiger partial charge is 0.328 e. The quantitative estimate of drug-likeness (QED) is 0.177. The molecule has 1 aliphatic rings. The number of carbonyl (C=O) groups is 4. The second-order valence-electron chi connectivity index (χ2n) is 12.2. The maximum absolute atomic E-state index is 13.9. The maximum Gasteiger partial charge on any atom is 0.328 e. The first-order valence-electron chi connectivity index (χ1n) is 15.0. The lowest BCUT2D eigenvalue weighted by molar-refractivity contribution is -0.140. The lowest BCUT2D eigenvalue weighted by Gasteiger charge is -2.29. The maximum atomic E-state index is 13.9. The topological polar surface area (TPSA) is 116 Å². The highest BCUT2D eigenvalue weighted by molar-refractivity contribution is 6.09. The van der Waals surface area contributed by atoms with Crippen molar-refractivity contribution in [3.05, 3.63) is 101 Å². The molecule has 2 atom stereocenters. The molecular weight excluding hydrogens is 570 g/mol. The second kappa shape index (κ2) is 14.2. The Balaban J connectivity index is 1.56. The minimum atomic E-state index is -1.20. The van der Waals surface area contributed by atoms with E-state index in [1.807, 2.05) is 80.6 Å². The standard InChI is InChI=1S/C36H41N3O6/c1-24(2)20-31(33(42)37-30(22-32(40)41)28-12-9-13-29(21-28)45-5)39-34(43)36(3,4)38(35(39)44)23-27-18-16-26(17-19-27)15-14-25-10-7-6-8-11-25/h6-19,21,24,30-31H,20,22-23H2,1-5H3,(H,37,42)(H,40,41)/b15-14+/t30?,31-/m0/s1. The first-order valence-corrected chi connectivity index (χ1v) is 15.0. The fourth-order valence-electron chi connectivity index (χ4n) is 5.41. The number of hydrogen-bond acceptors (Lipinski definition) is 5. The van der Waals surface area contributed by atoms with Crippen molar-refractivity contribution in [3.8, 4) is 5.75 Å². The minimum Gasteiger partial charge on any atom is -0.497 e. The highest BCUT2D eigenvalue weighted by atomic mass is 16.5. The Morgan fingerprint density at radius 2 is 1.58 bits per heavy atom. The number of nitrogens with zero attached hydrogens (tertiary/aromatic N) is 2. The average Bonchev–Trinajstić information content (AvgIpc) is 3.18. The minimum absolute atomic E-state index is 0.0373. The van der Waals surface area contributed by atoms with Crippen molar-refractivity contribution in [2.75, 3.05) is 7.11 Å². The van der Waals surface area contributed by atoms with E-state index < -0.39 is 41.4 Å². The SMILES string of the molecule is COc1cccc(C(CC(=O)O)NC(=O)[C@H](CC(C)C)N2C(=O)N(Cc3ccc(/C=C/c4ccccc4)cc3)C(C)(C)C2=O)c1. The van der Waals surface area contributed by atoms with Crippen molar-refractivity contribution in [1.29, 1.82) is 0 Å². The van der Waals surface area contributed by atoms with E-state index >= 15 is 0 Å². The number of rotatable bonds is 13. The Bertz CT molecular complexity index is 1550. The van der Waals surface area contributed by atoms with E-state index in [-0.39, 0.29) is 25.3 Å². The fraction of sp³-hybridized carbons (Fsp3) is 0.333. The molecule has 236 valence electrons. The van der Waals surface area contributed by atoms with Crippen LogP contribution in [0.5, 0.6) is 5.75 Å². The summed E-state index contributed by atoms with van der Waals surface area (Å²) in [5.41, 5.74) is 2.25. The van der Waals surface area contributed by atoms with Crippen LogP contribution in [-0.4, -0.2) is 57.4 Å². The molecule has 3 aromatic carbocycles. The van der Waals surface area contributed by atoms with Crippen LogP contribution < -0.4 is 10.1 Å². The molecule has 0 saturated carbocycles. The first-order chi connectivity index (χ1) is 21.4. The van der Waals surface area contributed by atoms with Gasteiger partial charge < -0.3 is 20.1 Å². The van der Waals surface area contributed by atoms with Crippen molar-refractivity contribution >= 4 is 36.0 Å². The molecule has 0 radical (unpaired) electrons. The lowest BCUT2D eigenvalue weighted by Crippen LogP contribution is -2.52. The van der Waals surface area contributed by atoms with Crippen molar-refractivity contribution in [2.24, 2.45) is 5.92 Å². The molecule has 1 fully saturated rings. The number of carbonyl (C=O) groups excluding carboxylic acids is 3. The van der Waals surface area contributed by atoms with E-state index in [0.717, 1.165) is 21.6 Å². The highest BCUT2D eigenvalue weighted by Gasteiger charge is 2.54. The van der Waals surface area contributed by atoms with Crippen LogP contribution in [0.25, 0.3) is 12.2 Å². The molecule has 0 aromatic heterocycles. The van der Waals surface area contributed by atoms with E-state index in [2.05, 4.69) is 5.32 Å². The van der Waals surface area contributed by atoms with Gasteiger partial charge in [0.1, 0.15) is 17.3 Å². The summed E-state index contributed by atoms with van der Waals surface area (Å²) < 4.78 is 5.28. The monoisotopic (exact) mass is 611 g/mol. The van der Waals surface area contributed by atoms with Crippen LogP contribution >= 0.6 is 0 Å². The Morgan fingerprint density at radius 1 is 0.933 bits per heavy atom. The third-order valence-electron chi connectivity index (χ3n) is 7.94. The Kier molecular flexibility index (Phi) is 10.4. The zero-order chi connectivity index (χ0) is 32.7. The van der Waals surface area contributed by atoms with Gasteiger partial charge in [0.2, 0.25) is 5.91 Å². The van der Waals surface area contributed by atoms with Gasteiger partial charge >= 0.3 is 12.0 Å². The van der Waals surface area contributed by atoms with Crippen molar-refractivity contribution in [1.82, 2.24) is 15.1 Å². The molecule has 4 rings (SSSR count). The molecule has 4 amide bonds. The van der Waals surface area contributed by atoms with Gasteiger partial charge in [0.15, 0.2) is 0 Å². The van der Waals surface area contributed by atoms with Crippen LogP contribution in [0.2, 0.25) is 0 Å². The summed E-state index contributed by atoms with van der Waals surface area (Å²) in [5.74, 6) is -1.70. The number of imide groups is 1. The second-order valence-corrected chi connectivity index (χ2v) is 12.2. The van der Waals surface area contributed by atoms with Crippen LogP contribution in [0.15, 0.2) is 78.9 Å². The van der Waals surface area contributed by atoms with Gasteiger partial charge in [-0.1, -0.05) is 92.7 Å². The van der Waals surface area contributed by atoms with Crippen LogP contribution in [-0.2, 0) is 20.9 Å². The molecule has 0 spiro atoms. The summed E-state index contributed by atoms with van der Waals surface area (Å²) in [6.07, 6.45) is 3.86. The number of ether oxygens (including phenoxy) is 1. The average molecular weight is 612 g/mol. The van der Waals surface area contributed by atoms with Gasteiger partial charge in [-0.15, -0.1) is 0 Å². The number of aliphatic carboxylic acids is 1. The predicted molar refractivity (Wildman–Crippen MR) is 173 cm³/mol. The van der Waals surface area contributed by atoms with Crippen LogP contribution in [0, 0.1) is 5.92 Å². The molecule has 9 nitrogen and oxygen atoms in total. The first kappa shape index (κ1) is 33.0. The molecule has 45 heavy (non-hydrogen) atoms. The van der Waals surface area contributed by atoms with Gasteiger partial charge in [0.25, 0.3) is 5.91 Å². The number of hydrogen-bond donors (Lipinski definition) is 2. The van der Waals surface area contributed by atoms with Gasteiger partial charge in [-0.2, -0.15) is 0 Å². The van der Waals surface area contributed by atoms with Gasteiger partial charge in [-0.25, -0.2) is 9.69 Å². The Morgan fingerprint density at radius 3 is 2.18 bits per heavy atom. The van der Waals surface area contributed by atoms with E-state index in [1.54, 1.807) is 38.1 Å². The van der Waals surface area contributed by atoms with E-state index in [9.17, 15) is 24.3 Å². The van der Waals surface area contributed by atoms with Crippen molar-refractivity contribution < 1.29 is 29.0 Å². The van der Waals surface area contributed by atoms with Gasteiger partial charge in [0.05, 0.1) is 19.6 Å². The number of benzene rings is 3.